The van der Waals surface area contributed by atoms with Crippen molar-refractivity contribution in [1.82, 2.24) is 5.32 Å². The van der Waals surface area contributed by atoms with E-state index < -0.39 is 0 Å². The smallest absolute Gasteiger partial charge is 0.0438 e. The minimum absolute atomic E-state index is 0.344. The van der Waals surface area contributed by atoms with Crippen molar-refractivity contribution in [2.75, 3.05) is 6.54 Å². The van der Waals surface area contributed by atoms with Crippen molar-refractivity contribution in [3.05, 3.63) is 35.4 Å². The number of aryl methyl sites for hydroxylation is 1. The number of piperidine rings is 1. The van der Waals surface area contributed by atoms with Crippen LogP contribution in [-0.4, -0.2) is 6.54 Å². The van der Waals surface area contributed by atoms with E-state index in [1.807, 2.05) is 0 Å². The van der Waals surface area contributed by atoms with Crippen molar-refractivity contribution in [2.45, 2.75) is 31.7 Å². The van der Waals surface area contributed by atoms with E-state index in [0.29, 0.717) is 5.54 Å². The maximum Gasteiger partial charge on any atom is 0.0438 e. The minimum Gasteiger partial charge on any atom is -0.307 e. The summed E-state index contributed by atoms with van der Waals surface area (Å²) < 4.78 is 0. The van der Waals surface area contributed by atoms with E-state index in [2.05, 4.69) is 36.5 Å². The molecular weight excluding hydrogens is 170 g/mol. The summed E-state index contributed by atoms with van der Waals surface area (Å²) in [6, 6.07) is 9.00. The lowest BCUT2D eigenvalue weighted by Crippen LogP contribution is -2.37. The Hall–Kier alpha value is -0.820. The molecule has 1 nitrogen and oxygen atoms in total. The lowest BCUT2D eigenvalue weighted by molar-refractivity contribution is 0.373. The first kappa shape index (κ1) is 8.49. The molecule has 2 fully saturated rings. The van der Waals surface area contributed by atoms with Gasteiger partial charge >= 0.3 is 0 Å². The Bertz CT molecular complexity index is 348. The number of benzene rings is 1. The zero-order valence-electron chi connectivity index (χ0n) is 8.72. The van der Waals surface area contributed by atoms with Gasteiger partial charge in [0.05, 0.1) is 0 Å². The van der Waals surface area contributed by atoms with E-state index in [0.717, 1.165) is 5.92 Å². The van der Waals surface area contributed by atoms with Crippen LogP contribution in [0.2, 0.25) is 0 Å². The average molecular weight is 187 g/mol. The zero-order valence-corrected chi connectivity index (χ0v) is 8.72. The van der Waals surface area contributed by atoms with E-state index in [4.69, 9.17) is 0 Å². The molecule has 1 heteroatoms. The molecule has 1 saturated heterocycles. The third-order valence-corrected chi connectivity index (χ3v) is 3.92. The van der Waals surface area contributed by atoms with Gasteiger partial charge in [-0.05, 0) is 44.2 Å². The van der Waals surface area contributed by atoms with Gasteiger partial charge in [0.25, 0.3) is 0 Å². The molecule has 0 aromatic heterocycles. The highest BCUT2D eigenvalue weighted by molar-refractivity contribution is 5.31. The molecule has 1 heterocycles. The standard InChI is InChI=1S/C13H17N/c1-10-3-2-4-12(7-10)13-6-5-11(8-13)9-14-13/h2-4,7,11,14H,5-6,8-9H2,1H3. The third-order valence-electron chi connectivity index (χ3n) is 3.92. The molecule has 1 aliphatic carbocycles. The first-order chi connectivity index (χ1) is 6.78. The van der Waals surface area contributed by atoms with Gasteiger partial charge in [-0.1, -0.05) is 29.8 Å². The van der Waals surface area contributed by atoms with Crippen LogP contribution in [0.15, 0.2) is 24.3 Å². The average Bonchev–Trinajstić information content (AvgIpc) is 2.78. The maximum absolute atomic E-state index is 3.71. The van der Waals surface area contributed by atoms with E-state index in [9.17, 15) is 0 Å². The summed E-state index contributed by atoms with van der Waals surface area (Å²) in [5, 5.41) is 3.71. The van der Waals surface area contributed by atoms with Crippen LogP contribution in [0.3, 0.4) is 0 Å². The molecule has 2 aliphatic rings. The Kier molecular flexibility index (Phi) is 1.72. The van der Waals surface area contributed by atoms with Gasteiger partial charge in [0.15, 0.2) is 0 Å². The predicted molar refractivity (Wildman–Crippen MR) is 58.2 cm³/mol. The van der Waals surface area contributed by atoms with E-state index in [1.165, 1.54) is 36.9 Å². The quantitative estimate of drug-likeness (QED) is 0.712. The van der Waals surface area contributed by atoms with Gasteiger partial charge in [0.2, 0.25) is 0 Å². The van der Waals surface area contributed by atoms with E-state index in [-0.39, 0.29) is 0 Å². The van der Waals surface area contributed by atoms with Gasteiger partial charge in [0, 0.05) is 5.54 Å². The highest BCUT2D eigenvalue weighted by atomic mass is 15.0. The normalized spacial score (nSPS) is 35.1. The second-order valence-corrected chi connectivity index (χ2v) is 4.94. The van der Waals surface area contributed by atoms with Crippen LogP contribution in [0.5, 0.6) is 0 Å². The van der Waals surface area contributed by atoms with Gasteiger partial charge in [-0.3, -0.25) is 0 Å². The lowest BCUT2D eigenvalue weighted by Gasteiger charge is -2.28. The Morgan fingerprint density at radius 2 is 2.36 bits per heavy atom. The number of hydrogen-bond acceptors (Lipinski definition) is 1. The topological polar surface area (TPSA) is 12.0 Å². The van der Waals surface area contributed by atoms with Crippen LogP contribution in [0.25, 0.3) is 0 Å². The third kappa shape index (κ3) is 1.12. The molecule has 2 atom stereocenters. The Morgan fingerprint density at radius 1 is 1.43 bits per heavy atom. The molecule has 2 unspecified atom stereocenters. The molecule has 14 heavy (non-hydrogen) atoms. The maximum atomic E-state index is 3.71. The highest BCUT2D eigenvalue weighted by Gasteiger charge is 2.45. The van der Waals surface area contributed by atoms with Crippen molar-refractivity contribution in [1.29, 1.82) is 0 Å². The predicted octanol–water partition coefficient (Wildman–Crippen LogP) is 2.59. The number of nitrogens with one attached hydrogen (secondary N) is 1. The molecule has 1 aromatic rings. The second kappa shape index (κ2) is 2.83. The minimum atomic E-state index is 0.344. The second-order valence-electron chi connectivity index (χ2n) is 4.94. The van der Waals surface area contributed by atoms with Gasteiger partial charge < -0.3 is 5.32 Å². The first-order valence-electron chi connectivity index (χ1n) is 5.61. The number of hydrogen-bond donors (Lipinski definition) is 1. The summed E-state index contributed by atoms with van der Waals surface area (Å²) >= 11 is 0. The molecule has 1 aliphatic heterocycles. The van der Waals surface area contributed by atoms with Crippen LogP contribution in [0.4, 0.5) is 0 Å². The molecular formula is C13H17N. The fourth-order valence-electron chi connectivity index (χ4n) is 3.13. The van der Waals surface area contributed by atoms with Crippen LogP contribution >= 0.6 is 0 Å². The summed E-state index contributed by atoms with van der Waals surface area (Å²) in [7, 11) is 0. The monoisotopic (exact) mass is 187 g/mol. The summed E-state index contributed by atoms with van der Waals surface area (Å²) in [6.07, 6.45) is 4.11. The van der Waals surface area contributed by atoms with Gasteiger partial charge in [-0.2, -0.15) is 0 Å². The van der Waals surface area contributed by atoms with Crippen LogP contribution < -0.4 is 5.32 Å². The summed E-state index contributed by atoms with van der Waals surface area (Å²) in [5.74, 6) is 0.940. The van der Waals surface area contributed by atoms with Gasteiger partial charge in [-0.25, -0.2) is 0 Å². The van der Waals surface area contributed by atoms with Crippen LogP contribution in [0, 0.1) is 12.8 Å². The van der Waals surface area contributed by atoms with Crippen molar-refractivity contribution in [2.24, 2.45) is 5.92 Å². The van der Waals surface area contributed by atoms with Crippen molar-refractivity contribution >= 4 is 0 Å². The van der Waals surface area contributed by atoms with Gasteiger partial charge in [0.1, 0.15) is 0 Å². The largest absolute Gasteiger partial charge is 0.307 e. The molecule has 0 radical (unpaired) electrons. The van der Waals surface area contributed by atoms with Crippen molar-refractivity contribution < 1.29 is 0 Å². The molecule has 0 spiro atoms. The molecule has 3 rings (SSSR count). The zero-order chi connectivity index (χ0) is 9.60. The SMILES string of the molecule is Cc1cccc(C23CCC(CN2)C3)c1. The first-order valence-corrected chi connectivity index (χ1v) is 5.61. The van der Waals surface area contributed by atoms with Crippen LogP contribution in [0.1, 0.15) is 30.4 Å². The number of rotatable bonds is 1. The molecule has 2 bridgehead atoms. The molecule has 74 valence electrons. The summed E-state index contributed by atoms with van der Waals surface area (Å²) in [6.45, 7) is 3.41. The van der Waals surface area contributed by atoms with Crippen LogP contribution in [-0.2, 0) is 5.54 Å². The molecule has 1 N–H and O–H groups in total. The van der Waals surface area contributed by atoms with Crippen molar-refractivity contribution in [3.8, 4) is 0 Å². The fourth-order valence-corrected chi connectivity index (χ4v) is 3.13. The fraction of sp³-hybridized carbons (Fsp3) is 0.538. The lowest BCUT2D eigenvalue weighted by atomic mass is 9.88. The van der Waals surface area contributed by atoms with E-state index >= 15 is 0 Å². The molecule has 1 aromatic carbocycles. The molecule has 1 saturated carbocycles. The Morgan fingerprint density at radius 3 is 2.93 bits per heavy atom. The Labute approximate surface area is 85.5 Å². The van der Waals surface area contributed by atoms with Gasteiger partial charge in [-0.15, -0.1) is 0 Å². The van der Waals surface area contributed by atoms with E-state index in [1.54, 1.807) is 0 Å². The molecule has 0 amide bonds. The van der Waals surface area contributed by atoms with Crippen molar-refractivity contribution in [3.63, 3.8) is 0 Å². The summed E-state index contributed by atoms with van der Waals surface area (Å²) in [4.78, 5) is 0. The Balaban J connectivity index is 2.02. The highest BCUT2D eigenvalue weighted by Crippen LogP contribution is 2.46. The summed E-state index contributed by atoms with van der Waals surface area (Å²) in [5.41, 5.74) is 3.24. The number of fused-ring (bicyclic) bond motifs is 2.